The molecule has 2 aliphatic rings. The highest BCUT2D eigenvalue weighted by Crippen LogP contribution is 2.43. The quantitative estimate of drug-likeness (QED) is 0.511. The molecule has 0 aliphatic carbocycles. The van der Waals surface area contributed by atoms with Crippen molar-refractivity contribution in [1.29, 1.82) is 0 Å². The molecule has 0 saturated carbocycles. The third-order valence-corrected chi connectivity index (χ3v) is 10.1. The van der Waals surface area contributed by atoms with Gasteiger partial charge in [-0.15, -0.1) is 11.3 Å². The van der Waals surface area contributed by atoms with E-state index in [0.717, 1.165) is 31.2 Å². The van der Waals surface area contributed by atoms with Crippen molar-refractivity contribution in [3.05, 3.63) is 71.7 Å². The van der Waals surface area contributed by atoms with Crippen LogP contribution in [0.25, 0.3) is 0 Å². The highest BCUT2D eigenvalue weighted by atomic mass is 32.1. The second-order valence-corrected chi connectivity index (χ2v) is 13.2. The van der Waals surface area contributed by atoms with Crippen molar-refractivity contribution < 1.29 is 9.22 Å². The van der Waals surface area contributed by atoms with Crippen LogP contribution >= 0.6 is 11.3 Å². The Labute approximate surface area is 201 Å². The molecule has 2 aromatic carbocycles. The molecule has 0 N–H and O–H groups in total. The molecule has 33 heavy (non-hydrogen) atoms. The van der Waals surface area contributed by atoms with Gasteiger partial charge in [-0.3, -0.25) is 4.79 Å². The maximum atomic E-state index is 12.6. The molecular weight excluding hydrogens is 446 g/mol. The predicted molar refractivity (Wildman–Crippen MR) is 137 cm³/mol. The van der Waals surface area contributed by atoms with Crippen LogP contribution in [0.3, 0.4) is 0 Å². The van der Waals surface area contributed by atoms with Gasteiger partial charge in [0.15, 0.2) is 5.13 Å². The van der Waals surface area contributed by atoms with Crippen molar-refractivity contribution in [2.75, 3.05) is 24.5 Å². The zero-order valence-electron chi connectivity index (χ0n) is 19.5. The zero-order valence-corrected chi connectivity index (χ0v) is 21.4. The van der Waals surface area contributed by atoms with Gasteiger partial charge in [0.25, 0.3) is 5.91 Å². The fourth-order valence-electron chi connectivity index (χ4n) is 4.46. The molecule has 172 valence electrons. The van der Waals surface area contributed by atoms with E-state index in [2.05, 4.69) is 86.3 Å². The molecule has 0 bridgehead atoms. The molecule has 0 spiro atoms. The van der Waals surface area contributed by atoms with Crippen molar-refractivity contribution in [3.8, 4) is 0 Å². The molecule has 0 radical (unpaired) electrons. The van der Waals surface area contributed by atoms with Crippen LogP contribution in [0.15, 0.2) is 66.0 Å². The number of thiazole rings is 1. The second kappa shape index (κ2) is 9.04. The topological polar surface area (TPSA) is 45.7 Å². The lowest BCUT2D eigenvalue weighted by Crippen LogP contribution is -2.65. The highest BCUT2D eigenvalue weighted by molar-refractivity contribution is 7.14. The average molecular weight is 478 g/mol. The molecule has 3 heterocycles. The monoisotopic (exact) mass is 477 g/mol. The molecule has 7 heteroatoms. The highest BCUT2D eigenvalue weighted by Gasteiger charge is 2.48. The average Bonchev–Trinajstić information content (AvgIpc) is 3.22. The Morgan fingerprint density at radius 1 is 1.03 bits per heavy atom. The number of carbonyl (C=O) groups excluding carboxylic acids is 1. The van der Waals surface area contributed by atoms with Crippen molar-refractivity contribution in [1.82, 2.24) is 9.88 Å². The summed E-state index contributed by atoms with van der Waals surface area (Å²) in [5, 5.41) is 5.34. The smallest absolute Gasteiger partial charge is 0.273 e. The van der Waals surface area contributed by atoms with Gasteiger partial charge >= 0.3 is 0 Å². The maximum absolute atomic E-state index is 12.6. The fourth-order valence-corrected chi connectivity index (χ4v) is 7.76. The van der Waals surface area contributed by atoms with E-state index in [4.69, 9.17) is 9.41 Å². The Kier molecular flexibility index (Phi) is 6.12. The third kappa shape index (κ3) is 4.49. The summed E-state index contributed by atoms with van der Waals surface area (Å²) < 4.78 is 7.05. The standard InChI is InChI=1S/C26H31N3O2SSi/c1-26(2,3)21-17-29(25-27-22(18-32-25)23(30)28-15-10-16-28)24(21)31-33(19-11-6-4-7-12-19)20-13-8-5-9-14-20/h4-9,11-14,18,21,24,33H,10,15-17H2,1-3H3. The lowest BCUT2D eigenvalue weighted by molar-refractivity contribution is 0.00492. The maximum Gasteiger partial charge on any atom is 0.273 e. The molecule has 2 fully saturated rings. The van der Waals surface area contributed by atoms with Crippen LogP contribution < -0.4 is 15.3 Å². The number of carbonyl (C=O) groups is 1. The molecule has 5 rings (SSSR count). The van der Waals surface area contributed by atoms with Crippen LogP contribution in [-0.2, 0) is 4.43 Å². The first-order valence-corrected chi connectivity index (χ1v) is 14.2. The summed E-state index contributed by atoms with van der Waals surface area (Å²) in [4.78, 5) is 21.5. The summed E-state index contributed by atoms with van der Waals surface area (Å²) >= 11 is 1.55. The number of amides is 1. The first-order valence-electron chi connectivity index (χ1n) is 11.7. The van der Waals surface area contributed by atoms with Crippen LogP contribution in [0.2, 0.25) is 0 Å². The summed E-state index contributed by atoms with van der Waals surface area (Å²) in [6.07, 6.45) is 1.03. The summed E-state index contributed by atoms with van der Waals surface area (Å²) in [5.74, 6) is 0.438. The van der Waals surface area contributed by atoms with E-state index in [1.165, 1.54) is 10.4 Å². The molecule has 5 nitrogen and oxygen atoms in total. The lowest BCUT2D eigenvalue weighted by Gasteiger charge is -2.54. The van der Waals surface area contributed by atoms with E-state index in [1.54, 1.807) is 11.3 Å². The van der Waals surface area contributed by atoms with Gasteiger partial charge in [-0.2, -0.15) is 0 Å². The van der Waals surface area contributed by atoms with Gasteiger partial charge in [0, 0.05) is 30.9 Å². The van der Waals surface area contributed by atoms with Crippen LogP contribution in [0.1, 0.15) is 37.7 Å². The van der Waals surface area contributed by atoms with E-state index in [0.29, 0.717) is 11.6 Å². The first kappa shape index (κ1) is 22.3. The number of likely N-dealkylation sites (tertiary alicyclic amines) is 1. The predicted octanol–water partition coefficient (Wildman–Crippen LogP) is 3.35. The summed E-state index contributed by atoms with van der Waals surface area (Å²) in [5.41, 5.74) is 0.675. The van der Waals surface area contributed by atoms with Crippen LogP contribution in [0, 0.1) is 11.3 Å². The summed E-state index contributed by atoms with van der Waals surface area (Å²) in [6, 6.07) is 21.2. The third-order valence-electron chi connectivity index (χ3n) is 6.74. The van der Waals surface area contributed by atoms with Crippen LogP contribution in [-0.4, -0.2) is 50.7 Å². The van der Waals surface area contributed by atoms with Gasteiger partial charge in [0.05, 0.1) is 0 Å². The summed E-state index contributed by atoms with van der Waals surface area (Å²) in [7, 11) is -1.91. The Bertz CT molecular complexity index is 1060. The van der Waals surface area contributed by atoms with Gasteiger partial charge in [0.2, 0.25) is 9.04 Å². The van der Waals surface area contributed by atoms with Gasteiger partial charge in [-0.25, -0.2) is 4.98 Å². The molecule has 2 unspecified atom stereocenters. The number of hydrogen-bond donors (Lipinski definition) is 0. The van der Waals surface area contributed by atoms with E-state index in [-0.39, 0.29) is 17.6 Å². The molecule has 2 aliphatic heterocycles. The van der Waals surface area contributed by atoms with E-state index in [9.17, 15) is 4.79 Å². The first-order chi connectivity index (χ1) is 15.9. The molecular formula is C26H31N3O2SSi. The minimum absolute atomic E-state index is 0.0509. The second-order valence-electron chi connectivity index (χ2n) is 10.0. The normalized spacial score (nSPS) is 20.5. The number of anilines is 1. The Morgan fingerprint density at radius 3 is 2.15 bits per heavy atom. The minimum Gasteiger partial charge on any atom is -0.391 e. The Hall–Kier alpha value is -2.48. The SMILES string of the molecule is CC(C)(C)C1CN(c2nc(C(=O)N3CCC3)cs2)C1O[SiH](c1ccccc1)c1ccccc1. The zero-order chi connectivity index (χ0) is 23.0. The molecule has 3 aromatic rings. The van der Waals surface area contributed by atoms with Gasteiger partial charge in [-0.1, -0.05) is 81.4 Å². The Morgan fingerprint density at radius 2 is 1.64 bits per heavy atom. The molecule has 1 amide bonds. The largest absolute Gasteiger partial charge is 0.391 e. The summed E-state index contributed by atoms with van der Waals surface area (Å²) in [6.45, 7) is 9.43. The van der Waals surface area contributed by atoms with Crippen molar-refractivity contribution in [2.24, 2.45) is 11.3 Å². The van der Waals surface area contributed by atoms with Crippen molar-refractivity contribution in [2.45, 2.75) is 33.4 Å². The molecule has 1 aromatic heterocycles. The van der Waals surface area contributed by atoms with Gasteiger partial charge in [-0.05, 0) is 22.2 Å². The Balaban J connectivity index is 1.43. The van der Waals surface area contributed by atoms with E-state index < -0.39 is 9.04 Å². The number of rotatable bonds is 6. The van der Waals surface area contributed by atoms with Crippen LogP contribution in [0.4, 0.5) is 5.13 Å². The van der Waals surface area contributed by atoms with Crippen molar-refractivity contribution in [3.63, 3.8) is 0 Å². The lowest BCUT2D eigenvalue weighted by atomic mass is 9.74. The van der Waals surface area contributed by atoms with Gasteiger partial charge in [0.1, 0.15) is 11.9 Å². The van der Waals surface area contributed by atoms with Gasteiger partial charge < -0.3 is 14.2 Å². The minimum atomic E-state index is -1.91. The van der Waals surface area contributed by atoms with Crippen molar-refractivity contribution >= 4 is 41.8 Å². The van der Waals surface area contributed by atoms with Crippen LogP contribution in [0.5, 0.6) is 0 Å². The number of hydrogen-bond acceptors (Lipinski definition) is 5. The van der Waals surface area contributed by atoms with E-state index >= 15 is 0 Å². The molecule has 2 saturated heterocycles. The van der Waals surface area contributed by atoms with E-state index in [1.807, 2.05) is 10.3 Å². The number of nitrogens with zero attached hydrogens (tertiary/aromatic N) is 3. The number of aromatic nitrogens is 1. The number of benzene rings is 2. The fraction of sp³-hybridized carbons (Fsp3) is 0.385. The molecule has 2 atom stereocenters.